The van der Waals surface area contributed by atoms with E-state index in [0.29, 0.717) is 16.9 Å². The summed E-state index contributed by atoms with van der Waals surface area (Å²) in [6, 6.07) is 0. The molecule has 2 rings (SSSR count). The van der Waals surface area contributed by atoms with Gasteiger partial charge in [0.05, 0.1) is 18.1 Å². The molecule has 0 aliphatic rings. The van der Waals surface area contributed by atoms with Crippen molar-refractivity contribution in [1.82, 2.24) is 15.0 Å². The van der Waals surface area contributed by atoms with Crippen molar-refractivity contribution in [3.8, 4) is 0 Å². The number of thiazole rings is 1. The minimum Gasteiger partial charge on any atom is -0.369 e. The summed E-state index contributed by atoms with van der Waals surface area (Å²) in [5.41, 5.74) is 1.24. The van der Waals surface area contributed by atoms with Crippen LogP contribution in [-0.2, 0) is 0 Å². The summed E-state index contributed by atoms with van der Waals surface area (Å²) in [6.45, 7) is 6.85. The van der Waals surface area contributed by atoms with Gasteiger partial charge in [0.1, 0.15) is 11.5 Å². The molecule has 7 heteroatoms. The molecule has 0 aliphatic carbocycles. The number of rotatable bonds is 5. The smallest absolute Gasteiger partial charge is 0.277 e. The molecule has 0 saturated carbocycles. The van der Waals surface area contributed by atoms with Crippen LogP contribution in [0.3, 0.4) is 0 Å². The van der Waals surface area contributed by atoms with E-state index in [2.05, 4.69) is 39.4 Å². The Hall–Kier alpha value is -2.02. The number of carbonyl (C=O) groups is 1. The van der Waals surface area contributed by atoms with E-state index in [9.17, 15) is 4.79 Å². The summed E-state index contributed by atoms with van der Waals surface area (Å²) in [5.74, 6) is 0.696. The Morgan fingerprint density at radius 2 is 2.15 bits per heavy atom. The first kappa shape index (κ1) is 14.4. The topological polar surface area (TPSA) is 79.8 Å². The summed E-state index contributed by atoms with van der Waals surface area (Å²) in [4.78, 5) is 24.5. The van der Waals surface area contributed by atoms with E-state index in [1.807, 2.05) is 12.3 Å². The fourth-order valence-corrected chi connectivity index (χ4v) is 2.35. The Kier molecular flexibility index (Phi) is 4.62. The second-order valence-corrected chi connectivity index (χ2v) is 5.36. The zero-order chi connectivity index (χ0) is 14.5. The van der Waals surface area contributed by atoms with Gasteiger partial charge in [-0.25, -0.2) is 15.0 Å². The Morgan fingerprint density at radius 3 is 2.70 bits per heavy atom. The number of hydrogen-bond acceptors (Lipinski definition) is 6. The van der Waals surface area contributed by atoms with Gasteiger partial charge in [0.15, 0.2) is 5.13 Å². The highest BCUT2D eigenvalue weighted by molar-refractivity contribution is 7.14. The summed E-state index contributed by atoms with van der Waals surface area (Å²) < 4.78 is 0. The normalized spacial score (nSPS) is 10.6. The largest absolute Gasteiger partial charge is 0.369 e. The number of nitrogens with one attached hydrogen (secondary N) is 2. The van der Waals surface area contributed by atoms with Crippen molar-refractivity contribution >= 4 is 28.2 Å². The van der Waals surface area contributed by atoms with Gasteiger partial charge in [-0.1, -0.05) is 13.8 Å². The molecular weight excluding hydrogens is 274 g/mol. The van der Waals surface area contributed by atoms with Crippen LogP contribution in [0.25, 0.3) is 0 Å². The number of hydrogen-bond donors (Lipinski definition) is 2. The summed E-state index contributed by atoms with van der Waals surface area (Å²) in [5, 5.41) is 8.28. The van der Waals surface area contributed by atoms with Crippen molar-refractivity contribution < 1.29 is 4.79 Å². The minimum absolute atomic E-state index is 0.271. The van der Waals surface area contributed by atoms with E-state index in [4.69, 9.17) is 0 Å². The van der Waals surface area contributed by atoms with Crippen LogP contribution in [0.4, 0.5) is 10.9 Å². The fourth-order valence-electron chi connectivity index (χ4n) is 1.49. The molecular formula is C13H17N5OS. The maximum absolute atomic E-state index is 12.0. The van der Waals surface area contributed by atoms with Crippen LogP contribution in [0.2, 0.25) is 0 Å². The second-order valence-electron chi connectivity index (χ2n) is 4.50. The molecule has 2 N–H and O–H groups in total. The molecule has 2 aromatic rings. The van der Waals surface area contributed by atoms with Crippen molar-refractivity contribution in [3.63, 3.8) is 0 Å². The van der Waals surface area contributed by atoms with E-state index in [-0.39, 0.29) is 11.6 Å². The average molecular weight is 291 g/mol. The number of anilines is 2. The Labute approximate surface area is 121 Å². The molecule has 106 valence electrons. The summed E-state index contributed by atoms with van der Waals surface area (Å²) >= 11 is 1.41. The van der Waals surface area contributed by atoms with Gasteiger partial charge in [-0.05, 0) is 12.8 Å². The van der Waals surface area contributed by atoms with Gasteiger partial charge in [-0.15, -0.1) is 11.3 Å². The lowest BCUT2D eigenvalue weighted by atomic mass is 10.2. The molecule has 0 unspecified atom stereocenters. The first-order valence-electron chi connectivity index (χ1n) is 6.42. The molecule has 0 bridgehead atoms. The van der Waals surface area contributed by atoms with Crippen LogP contribution in [0.1, 0.15) is 42.9 Å². The van der Waals surface area contributed by atoms with Crippen molar-refractivity contribution in [3.05, 3.63) is 29.2 Å². The van der Waals surface area contributed by atoms with Gasteiger partial charge in [-0.3, -0.25) is 10.1 Å². The van der Waals surface area contributed by atoms with E-state index < -0.39 is 0 Å². The Morgan fingerprint density at radius 1 is 1.35 bits per heavy atom. The molecule has 2 heterocycles. The average Bonchev–Trinajstić information content (AvgIpc) is 2.88. The van der Waals surface area contributed by atoms with Gasteiger partial charge in [0, 0.05) is 11.9 Å². The molecule has 20 heavy (non-hydrogen) atoms. The Bertz CT molecular complexity index is 579. The van der Waals surface area contributed by atoms with E-state index in [1.165, 1.54) is 17.5 Å². The highest BCUT2D eigenvalue weighted by Crippen LogP contribution is 2.21. The molecule has 0 spiro atoms. The van der Waals surface area contributed by atoms with Gasteiger partial charge in [-0.2, -0.15) is 0 Å². The molecule has 0 atom stereocenters. The van der Waals surface area contributed by atoms with Crippen molar-refractivity contribution in [2.45, 2.75) is 26.7 Å². The standard InChI is InChI=1S/C13H17N5OS/c1-4-14-11-6-15-9(5-16-11)12(19)18-13-17-10(7-20-13)8(2)3/h5-8H,4H2,1-3H3,(H,14,16)(H,17,18,19). The van der Waals surface area contributed by atoms with Crippen LogP contribution in [0.5, 0.6) is 0 Å². The molecule has 0 fully saturated rings. The maximum atomic E-state index is 12.0. The number of aromatic nitrogens is 3. The highest BCUT2D eigenvalue weighted by Gasteiger charge is 2.12. The lowest BCUT2D eigenvalue weighted by Gasteiger charge is -2.03. The predicted molar refractivity (Wildman–Crippen MR) is 80.4 cm³/mol. The predicted octanol–water partition coefficient (Wildman–Crippen LogP) is 2.74. The maximum Gasteiger partial charge on any atom is 0.277 e. The lowest BCUT2D eigenvalue weighted by molar-refractivity contribution is 0.102. The van der Waals surface area contributed by atoms with Crippen LogP contribution < -0.4 is 10.6 Å². The third kappa shape index (κ3) is 3.51. The van der Waals surface area contributed by atoms with Gasteiger partial charge >= 0.3 is 0 Å². The second kappa shape index (κ2) is 6.42. The van der Waals surface area contributed by atoms with E-state index >= 15 is 0 Å². The van der Waals surface area contributed by atoms with E-state index in [0.717, 1.165) is 12.2 Å². The quantitative estimate of drug-likeness (QED) is 0.885. The zero-order valence-corrected chi connectivity index (χ0v) is 12.5. The number of carbonyl (C=O) groups excluding carboxylic acids is 1. The van der Waals surface area contributed by atoms with E-state index in [1.54, 1.807) is 6.20 Å². The third-order valence-corrected chi connectivity index (χ3v) is 3.35. The molecule has 0 aromatic carbocycles. The molecule has 1 amide bonds. The first-order valence-corrected chi connectivity index (χ1v) is 7.30. The van der Waals surface area contributed by atoms with Crippen molar-refractivity contribution in [2.24, 2.45) is 0 Å². The fraction of sp³-hybridized carbons (Fsp3) is 0.385. The molecule has 0 radical (unpaired) electrons. The highest BCUT2D eigenvalue weighted by atomic mass is 32.1. The van der Waals surface area contributed by atoms with Crippen LogP contribution in [0.15, 0.2) is 17.8 Å². The molecule has 0 aliphatic heterocycles. The van der Waals surface area contributed by atoms with Gasteiger partial charge in [0.25, 0.3) is 5.91 Å². The van der Waals surface area contributed by atoms with Crippen LogP contribution >= 0.6 is 11.3 Å². The first-order chi connectivity index (χ1) is 9.60. The zero-order valence-electron chi connectivity index (χ0n) is 11.7. The summed E-state index contributed by atoms with van der Waals surface area (Å²) in [6.07, 6.45) is 2.99. The SMILES string of the molecule is CCNc1cnc(C(=O)Nc2nc(C(C)C)cs2)cn1. The van der Waals surface area contributed by atoms with Crippen molar-refractivity contribution in [2.75, 3.05) is 17.2 Å². The lowest BCUT2D eigenvalue weighted by Crippen LogP contribution is -2.14. The van der Waals surface area contributed by atoms with Crippen molar-refractivity contribution in [1.29, 1.82) is 0 Å². The monoisotopic (exact) mass is 291 g/mol. The van der Waals surface area contributed by atoms with Crippen LogP contribution in [-0.4, -0.2) is 27.4 Å². The van der Waals surface area contributed by atoms with Gasteiger partial charge < -0.3 is 5.32 Å². The minimum atomic E-state index is -0.301. The third-order valence-electron chi connectivity index (χ3n) is 2.58. The number of amides is 1. The molecule has 6 nitrogen and oxygen atoms in total. The molecule has 0 saturated heterocycles. The summed E-state index contributed by atoms with van der Waals surface area (Å²) in [7, 11) is 0. The van der Waals surface area contributed by atoms with Crippen LogP contribution in [0, 0.1) is 0 Å². The van der Waals surface area contributed by atoms with Gasteiger partial charge in [0.2, 0.25) is 0 Å². The Balaban J connectivity index is 2.03. The molecule has 2 aromatic heterocycles. The number of nitrogens with zero attached hydrogens (tertiary/aromatic N) is 3.